The van der Waals surface area contributed by atoms with Gasteiger partial charge in [-0.2, -0.15) is 0 Å². The van der Waals surface area contributed by atoms with Gasteiger partial charge in [0.05, 0.1) is 6.61 Å². The maximum atomic E-state index is 12.7. The van der Waals surface area contributed by atoms with Crippen LogP contribution in [-0.4, -0.2) is 40.9 Å². The van der Waals surface area contributed by atoms with Gasteiger partial charge in [0.2, 0.25) is 5.43 Å². The lowest BCUT2D eigenvalue weighted by atomic mass is 9.99. The van der Waals surface area contributed by atoms with Crippen molar-refractivity contribution in [3.8, 4) is 11.1 Å². The molecule has 158 valence electrons. The number of aromatic carboxylic acids is 1. The molecule has 0 unspecified atom stereocenters. The number of anilines is 1. The van der Waals surface area contributed by atoms with Gasteiger partial charge in [0.15, 0.2) is 5.13 Å². The Balaban J connectivity index is 1.81. The lowest BCUT2D eigenvalue weighted by Gasteiger charge is -2.13. The highest BCUT2D eigenvalue weighted by Crippen LogP contribution is 2.28. The van der Waals surface area contributed by atoms with Crippen molar-refractivity contribution < 1.29 is 14.6 Å². The van der Waals surface area contributed by atoms with E-state index in [4.69, 9.17) is 4.74 Å². The molecule has 0 aliphatic heterocycles. The second-order valence-electron chi connectivity index (χ2n) is 6.92. The topological polar surface area (TPSA) is 93.4 Å². The van der Waals surface area contributed by atoms with Crippen LogP contribution >= 0.6 is 11.3 Å². The van der Waals surface area contributed by atoms with Crippen molar-refractivity contribution in [2.75, 3.05) is 25.6 Å². The van der Waals surface area contributed by atoms with Crippen molar-refractivity contribution in [2.45, 2.75) is 6.54 Å². The van der Waals surface area contributed by atoms with Crippen LogP contribution in [-0.2, 0) is 11.3 Å². The van der Waals surface area contributed by atoms with E-state index < -0.39 is 11.4 Å². The monoisotopic (exact) mass is 435 g/mol. The van der Waals surface area contributed by atoms with E-state index in [-0.39, 0.29) is 11.1 Å². The van der Waals surface area contributed by atoms with Gasteiger partial charge in [0.1, 0.15) is 15.9 Å². The fourth-order valence-corrected chi connectivity index (χ4v) is 4.37. The predicted octanol–water partition coefficient (Wildman–Crippen LogP) is 3.93. The number of aromatic nitrogens is 2. The second kappa shape index (κ2) is 9.11. The van der Waals surface area contributed by atoms with E-state index in [1.165, 1.54) is 17.5 Å². The van der Waals surface area contributed by atoms with Gasteiger partial charge in [-0.15, -0.1) is 0 Å². The average molecular weight is 436 g/mol. The molecule has 0 spiro atoms. The average Bonchev–Trinajstić information content (AvgIpc) is 3.21. The molecular formula is C23H21N3O4S. The van der Waals surface area contributed by atoms with Crippen molar-refractivity contribution in [3.63, 3.8) is 0 Å². The van der Waals surface area contributed by atoms with E-state index >= 15 is 0 Å². The minimum absolute atomic E-state index is 0.155. The van der Waals surface area contributed by atoms with Gasteiger partial charge in [0, 0.05) is 26.4 Å². The molecule has 0 aliphatic carbocycles. The molecule has 0 amide bonds. The Morgan fingerprint density at radius 3 is 2.65 bits per heavy atom. The normalized spacial score (nSPS) is 11.0. The molecule has 2 N–H and O–H groups in total. The summed E-state index contributed by atoms with van der Waals surface area (Å²) in [4.78, 5) is 29.4. The minimum atomic E-state index is -1.26. The summed E-state index contributed by atoms with van der Waals surface area (Å²) in [5.41, 5.74) is 2.42. The van der Waals surface area contributed by atoms with Crippen LogP contribution < -0.4 is 10.7 Å². The highest BCUT2D eigenvalue weighted by molar-refractivity contribution is 7.21. The first kappa shape index (κ1) is 20.8. The summed E-state index contributed by atoms with van der Waals surface area (Å²) in [6.45, 7) is 1.43. The number of carboxylic acids is 1. The third-order valence-corrected chi connectivity index (χ3v) is 5.92. The maximum Gasteiger partial charge on any atom is 0.341 e. The van der Waals surface area contributed by atoms with Crippen LogP contribution in [0.3, 0.4) is 0 Å². The molecule has 2 aromatic carbocycles. The summed E-state index contributed by atoms with van der Waals surface area (Å²) in [6, 6.07) is 18.0. The molecule has 7 nitrogen and oxygen atoms in total. The first-order valence-electron chi connectivity index (χ1n) is 9.72. The molecule has 8 heteroatoms. The molecule has 0 bridgehead atoms. The molecule has 2 heterocycles. The van der Waals surface area contributed by atoms with Gasteiger partial charge < -0.3 is 19.7 Å². The summed E-state index contributed by atoms with van der Waals surface area (Å²) in [6.07, 6.45) is 1.41. The Bertz CT molecular complexity index is 1280. The number of rotatable bonds is 8. The van der Waals surface area contributed by atoms with Gasteiger partial charge in [-0.3, -0.25) is 4.79 Å². The van der Waals surface area contributed by atoms with Gasteiger partial charge in [-0.1, -0.05) is 65.9 Å². The van der Waals surface area contributed by atoms with Crippen LogP contribution in [0.15, 0.2) is 65.6 Å². The Morgan fingerprint density at radius 2 is 1.90 bits per heavy atom. The van der Waals surface area contributed by atoms with Crippen molar-refractivity contribution in [3.05, 3.63) is 82.1 Å². The van der Waals surface area contributed by atoms with Crippen LogP contribution in [0.25, 0.3) is 21.5 Å². The molecule has 31 heavy (non-hydrogen) atoms. The summed E-state index contributed by atoms with van der Waals surface area (Å²) in [7, 11) is 1.60. The number of pyridine rings is 1. The number of hydrogen-bond acceptors (Lipinski definition) is 6. The lowest BCUT2D eigenvalue weighted by Crippen LogP contribution is -2.19. The van der Waals surface area contributed by atoms with E-state index in [2.05, 4.69) is 10.3 Å². The fourth-order valence-electron chi connectivity index (χ4n) is 3.40. The first-order valence-corrected chi connectivity index (χ1v) is 10.5. The number of benzene rings is 2. The molecule has 0 radical (unpaired) electrons. The fraction of sp³-hybridized carbons (Fsp3) is 0.174. The summed E-state index contributed by atoms with van der Waals surface area (Å²) < 4.78 is 6.83. The van der Waals surface area contributed by atoms with Crippen molar-refractivity contribution in [1.29, 1.82) is 0 Å². The van der Waals surface area contributed by atoms with Crippen molar-refractivity contribution in [1.82, 2.24) is 9.55 Å². The highest BCUT2D eigenvalue weighted by atomic mass is 32.1. The Kier molecular flexibility index (Phi) is 6.11. The van der Waals surface area contributed by atoms with Crippen LogP contribution in [0.1, 0.15) is 15.9 Å². The first-order chi connectivity index (χ1) is 15.1. The molecule has 4 rings (SSSR count). The number of fused-ring (bicyclic) bond motifs is 1. The number of nitrogens with one attached hydrogen (secondary N) is 1. The SMILES string of the molecule is COCCNc1nc2c(=O)c(C(=O)O)cn(Cc3ccccc3-c3ccccc3)c2s1. The summed E-state index contributed by atoms with van der Waals surface area (Å²) in [5, 5.41) is 13.2. The van der Waals surface area contributed by atoms with E-state index in [0.717, 1.165) is 16.7 Å². The number of carbonyl (C=O) groups is 1. The van der Waals surface area contributed by atoms with Gasteiger partial charge in [-0.05, 0) is 16.7 Å². The maximum absolute atomic E-state index is 12.7. The molecule has 0 saturated heterocycles. The molecule has 0 atom stereocenters. The van der Waals surface area contributed by atoms with Crippen molar-refractivity contribution >= 4 is 32.8 Å². The zero-order valence-electron chi connectivity index (χ0n) is 16.9. The minimum Gasteiger partial charge on any atom is -0.477 e. The zero-order valence-corrected chi connectivity index (χ0v) is 17.7. The van der Waals surface area contributed by atoms with Crippen LogP contribution in [0.4, 0.5) is 5.13 Å². The quantitative estimate of drug-likeness (QED) is 0.407. The van der Waals surface area contributed by atoms with Crippen LogP contribution in [0.2, 0.25) is 0 Å². The third-order valence-electron chi connectivity index (χ3n) is 4.87. The Hall–Kier alpha value is -3.49. The number of methoxy groups -OCH3 is 1. The number of nitrogens with zero attached hydrogens (tertiary/aromatic N) is 2. The molecule has 2 aromatic heterocycles. The predicted molar refractivity (Wildman–Crippen MR) is 122 cm³/mol. The van der Waals surface area contributed by atoms with E-state index in [1.807, 2.05) is 54.6 Å². The molecule has 4 aromatic rings. The summed E-state index contributed by atoms with van der Waals surface area (Å²) >= 11 is 1.32. The van der Waals surface area contributed by atoms with Gasteiger partial charge in [0.25, 0.3) is 0 Å². The largest absolute Gasteiger partial charge is 0.477 e. The number of carboxylic acid groups (broad SMARTS) is 1. The number of hydrogen-bond donors (Lipinski definition) is 2. The van der Waals surface area contributed by atoms with Crippen molar-refractivity contribution in [2.24, 2.45) is 0 Å². The van der Waals surface area contributed by atoms with E-state index in [0.29, 0.717) is 29.7 Å². The Labute approximate surface area is 182 Å². The van der Waals surface area contributed by atoms with Gasteiger partial charge in [-0.25, -0.2) is 9.78 Å². The number of ether oxygens (including phenoxy) is 1. The summed E-state index contributed by atoms with van der Waals surface area (Å²) in [5.74, 6) is -1.26. The number of thiazole rings is 1. The van der Waals surface area contributed by atoms with E-state index in [9.17, 15) is 14.7 Å². The molecular weight excluding hydrogens is 414 g/mol. The molecule has 0 saturated carbocycles. The highest BCUT2D eigenvalue weighted by Gasteiger charge is 2.19. The van der Waals surface area contributed by atoms with Crippen LogP contribution in [0.5, 0.6) is 0 Å². The molecule has 0 aliphatic rings. The standard InChI is InChI=1S/C23H21N3O4S/c1-30-12-11-24-23-25-19-20(27)18(22(28)29)14-26(21(19)31-23)13-16-9-5-6-10-17(16)15-7-3-2-4-8-15/h2-10,14H,11-13H2,1H3,(H,24,25)(H,28,29). The van der Waals surface area contributed by atoms with Gasteiger partial charge >= 0.3 is 5.97 Å². The van der Waals surface area contributed by atoms with E-state index in [1.54, 1.807) is 11.7 Å². The smallest absolute Gasteiger partial charge is 0.341 e. The lowest BCUT2D eigenvalue weighted by molar-refractivity contribution is 0.0695. The van der Waals surface area contributed by atoms with Crippen LogP contribution in [0, 0.1) is 0 Å². The second-order valence-corrected chi connectivity index (χ2v) is 7.90. The molecule has 0 fully saturated rings. The third kappa shape index (κ3) is 4.35. The zero-order chi connectivity index (χ0) is 21.8. The Morgan fingerprint density at radius 1 is 1.16 bits per heavy atom.